The number of hydrogen-bond acceptors (Lipinski definition) is 1. The fourth-order valence-corrected chi connectivity index (χ4v) is 4.09. The molecule has 1 heteroatoms. The number of pyridine rings is 1. The van der Waals surface area contributed by atoms with Crippen LogP contribution in [0.2, 0.25) is 0 Å². The number of nitrogens with zero attached hydrogens (tertiary/aromatic N) is 1. The Kier molecular flexibility index (Phi) is 4.51. The zero-order valence-electron chi connectivity index (χ0n) is 19.2. The van der Waals surface area contributed by atoms with Crippen molar-refractivity contribution in [3.63, 3.8) is 0 Å². The van der Waals surface area contributed by atoms with Crippen LogP contribution in [0, 0.1) is 11.8 Å². The van der Waals surface area contributed by atoms with Gasteiger partial charge < -0.3 is 0 Å². The third-order valence-electron chi connectivity index (χ3n) is 5.11. The zero-order chi connectivity index (χ0) is 21.5. The van der Waals surface area contributed by atoms with Gasteiger partial charge in [-0.2, -0.15) is 0 Å². The van der Waals surface area contributed by atoms with E-state index >= 15 is 0 Å². The summed E-state index contributed by atoms with van der Waals surface area (Å²) >= 11 is 0. The Morgan fingerprint density at radius 1 is 0.750 bits per heavy atom. The predicted molar refractivity (Wildman–Crippen MR) is 122 cm³/mol. The minimum absolute atomic E-state index is 0.547. The average molecular weight is 370 g/mol. The lowest BCUT2D eigenvalue weighted by atomic mass is 9.92. The first kappa shape index (κ1) is 16.3. The van der Waals surface area contributed by atoms with Crippen LogP contribution in [0.5, 0.6) is 0 Å². The molecule has 28 heavy (non-hydrogen) atoms. The average Bonchev–Trinajstić information content (AvgIpc) is 2.64. The summed E-state index contributed by atoms with van der Waals surface area (Å²) in [5, 5.41) is 4.79. The molecular formula is C27H29N. The second kappa shape index (κ2) is 7.75. The molecule has 142 valence electrons. The van der Waals surface area contributed by atoms with E-state index in [0.717, 1.165) is 27.8 Å². The van der Waals surface area contributed by atoms with Crippen molar-refractivity contribution in [1.82, 2.24) is 4.98 Å². The van der Waals surface area contributed by atoms with Gasteiger partial charge in [-0.3, -0.25) is 4.98 Å². The standard InChI is InChI=1S/C27H29N/c1-18(2)13-20-15-21(14-19(3)4)17-23(16-20)27-26-10-9-22-7-5-6-8-24(22)25(26)11-12-28-27/h5-12,15-19H,13-14H2,1-4H3/i18D,19D. The Balaban J connectivity index is 1.92. The van der Waals surface area contributed by atoms with E-state index in [1.807, 2.05) is 33.9 Å². The smallest absolute Gasteiger partial charge is 0.0780 e. The Bertz CT molecular complexity index is 1180. The summed E-state index contributed by atoms with van der Waals surface area (Å²) in [4.78, 5) is 4.77. The molecule has 3 aromatic carbocycles. The van der Waals surface area contributed by atoms with Gasteiger partial charge in [0.1, 0.15) is 0 Å². The van der Waals surface area contributed by atoms with Crippen LogP contribution in [0.4, 0.5) is 0 Å². The topological polar surface area (TPSA) is 12.9 Å². The molecular weight excluding hydrogens is 338 g/mol. The van der Waals surface area contributed by atoms with Gasteiger partial charge in [0.2, 0.25) is 0 Å². The van der Waals surface area contributed by atoms with Crippen LogP contribution >= 0.6 is 0 Å². The summed E-state index contributed by atoms with van der Waals surface area (Å²) in [6, 6.07) is 21.4. The highest BCUT2D eigenvalue weighted by Gasteiger charge is 2.11. The highest BCUT2D eigenvalue weighted by molar-refractivity contribution is 6.11. The molecule has 0 atom stereocenters. The Labute approximate surface area is 171 Å². The maximum absolute atomic E-state index is 8.36. The fourth-order valence-electron chi connectivity index (χ4n) is 4.09. The molecule has 1 nitrogen and oxygen atoms in total. The van der Waals surface area contributed by atoms with Gasteiger partial charge in [0.05, 0.1) is 5.69 Å². The van der Waals surface area contributed by atoms with Crippen molar-refractivity contribution < 1.29 is 2.74 Å². The highest BCUT2D eigenvalue weighted by atomic mass is 14.7. The highest BCUT2D eigenvalue weighted by Crippen LogP contribution is 2.33. The first-order chi connectivity index (χ1) is 14.1. The van der Waals surface area contributed by atoms with E-state index in [2.05, 4.69) is 60.7 Å². The number of rotatable bonds is 5. The van der Waals surface area contributed by atoms with E-state index in [4.69, 9.17) is 7.73 Å². The third-order valence-corrected chi connectivity index (χ3v) is 5.11. The fraction of sp³-hybridized carbons (Fsp3) is 0.296. The predicted octanol–water partition coefficient (Wildman–Crippen LogP) is 7.45. The molecule has 0 saturated carbocycles. The number of benzene rings is 3. The molecule has 1 aromatic heterocycles. The molecule has 0 saturated heterocycles. The van der Waals surface area contributed by atoms with E-state index in [-0.39, 0.29) is 0 Å². The van der Waals surface area contributed by atoms with Crippen molar-refractivity contribution in [3.8, 4) is 11.3 Å². The molecule has 0 bridgehead atoms. The van der Waals surface area contributed by atoms with Crippen LogP contribution < -0.4 is 0 Å². The molecule has 0 spiro atoms. The largest absolute Gasteiger partial charge is 0.256 e. The molecule has 0 aliphatic rings. The van der Waals surface area contributed by atoms with Gasteiger partial charge in [-0.05, 0) is 70.1 Å². The van der Waals surface area contributed by atoms with Crippen LogP contribution in [-0.2, 0) is 12.8 Å². The molecule has 0 unspecified atom stereocenters. The maximum Gasteiger partial charge on any atom is 0.0780 e. The molecule has 0 aliphatic carbocycles. The SMILES string of the molecule is [2H]C(C)(C)Cc1cc(CC([2H])(C)C)cc(-c2nccc3c2ccc2ccccc23)c1. The number of hydrogen-bond donors (Lipinski definition) is 0. The van der Waals surface area contributed by atoms with Crippen molar-refractivity contribution >= 4 is 21.5 Å². The molecule has 4 aromatic rings. The van der Waals surface area contributed by atoms with Gasteiger partial charge in [-0.15, -0.1) is 0 Å². The van der Waals surface area contributed by atoms with Crippen LogP contribution in [0.3, 0.4) is 0 Å². The lowest BCUT2D eigenvalue weighted by Crippen LogP contribution is -2.00. The summed E-state index contributed by atoms with van der Waals surface area (Å²) in [6.07, 6.45) is 3.22. The normalized spacial score (nSPS) is 13.6. The third kappa shape index (κ3) is 3.80. The van der Waals surface area contributed by atoms with E-state index < -0.39 is 11.8 Å². The van der Waals surface area contributed by atoms with Crippen molar-refractivity contribution in [2.75, 3.05) is 0 Å². The van der Waals surface area contributed by atoms with Gasteiger partial charge in [-0.1, -0.05) is 70.2 Å². The van der Waals surface area contributed by atoms with Gasteiger partial charge >= 0.3 is 0 Å². The Morgan fingerprint density at radius 3 is 2.11 bits per heavy atom. The number of fused-ring (bicyclic) bond motifs is 3. The van der Waals surface area contributed by atoms with Gasteiger partial charge in [0.25, 0.3) is 0 Å². The van der Waals surface area contributed by atoms with E-state index in [9.17, 15) is 0 Å². The summed E-state index contributed by atoms with van der Waals surface area (Å²) in [5.41, 5.74) is 4.29. The molecule has 0 amide bonds. The van der Waals surface area contributed by atoms with Crippen molar-refractivity contribution in [1.29, 1.82) is 0 Å². The van der Waals surface area contributed by atoms with Gasteiger partial charge in [0.15, 0.2) is 0 Å². The van der Waals surface area contributed by atoms with Crippen LogP contribution in [0.15, 0.2) is 66.9 Å². The maximum atomic E-state index is 8.36. The first-order valence-corrected chi connectivity index (χ1v) is 9.99. The van der Waals surface area contributed by atoms with Crippen molar-refractivity contribution in [2.45, 2.75) is 40.5 Å². The summed E-state index contributed by atoms with van der Waals surface area (Å²) in [5.74, 6) is -1.09. The monoisotopic (exact) mass is 369 g/mol. The number of aromatic nitrogens is 1. The summed E-state index contributed by atoms with van der Waals surface area (Å²) in [6.45, 7) is 7.76. The van der Waals surface area contributed by atoms with Crippen LogP contribution in [-0.4, -0.2) is 4.98 Å². The van der Waals surface area contributed by atoms with E-state index in [1.54, 1.807) is 0 Å². The lowest BCUT2D eigenvalue weighted by Gasteiger charge is -2.14. The zero-order valence-corrected chi connectivity index (χ0v) is 17.2. The lowest BCUT2D eigenvalue weighted by molar-refractivity contribution is 0.636. The summed E-state index contributed by atoms with van der Waals surface area (Å²) in [7, 11) is 0. The minimum atomic E-state index is -0.547. The Hall–Kier alpha value is -2.67. The molecule has 0 aliphatic heterocycles. The molecule has 0 N–H and O–H groups in total. The van der Waals surface area contributed by atoms with E-state index in [0.29, 0.717) is 12.8 Å². The van der Waals surface area contributed by atoms with Gasteiger partial charge in [-0.25, -0.2) is 0 Å². The first-order valence-electron chi connectivity index (χ1n) is 11.0. The van der Waals surface area contributed by atoms with Crippen molar-refractivity contribution in [3.05, 3.63) is 78.0 Å². The quantitative estimate of drug-likeness (QED) is 0.333. The molecule has 1 heterocycles. The second-order valence-corrected chi connectivity index (χ2v) is 8.35. The Morgan fingerprint density at radius 2 is 1.43 bits per heavy atom. The molecule has 0 radical (unpaired) electrons. The molecule has 4 rings (SSSR count). The summed E-state index contributed by atoms with van der Waals surface area (Å²) < 4.78 is 16.7. The van der Waals surface area contributed by atoms with Gasteiger partial charge in [0, 0.05) is 19.9 Å². The van der Waals surface area contributed by atoms with Crippen molar-refractivity contribution in [2.24, 2.45) is 11.8 Å². The molecule has 0 fully saturated rings. The van der Waals surface area contributed by atoms with Crippen LogP contribution in [0.25, 0.3) is 32.8 Å². The van der Waals surface area contributed by atoms with Crippen LogP contribution in [0.1, 0.15) is 41.6 Å². The second-order valence-electron chi connectivity index (χ2n) is 8.35. The van der Waals surface area contributed by atoms with E-state index in [1.165, 1.54) is 16.2 Å². The minimum Gasteiger partial charge on any atom is -0.256 e.